The number of amides is 3. The summed E-state index contributed by atoms with van der Waals surface area (Å²) in [6.07, 6.45) is 0. The van der Waals surface area contributed by atoms with Gasteiger partial charge < -0.3 is 16.0 Å². The Hall–Kier alpha value is -3.56. The minimum Gasteiger partial charge on any atom is -0.325 e. The number of likely N-dealkylation sites (N-methyl/N-ethyl adjacent to an activating group) is 1. The van der Waals surface area contributed by atoms with Crippen LogP contribution in [0.5, 0.6) is 0 Å². The fraction of sp³-hybridized carbons (Fsp3) is 0.182. The maximum Gasteiger partial charge on any atom is 0.265 e. The molecule has 160 valence electrons. The number of thiophene rings is 1. The summed E-state index contributed by atoms with van der Waals surface area (Å²) in [5.41, 5.74) is 2.04. The van der Waals surface area contributed by atoms with Gasteiger partial charge in [0.1, 0.15) is 5.82 Å². The van der Waals surface area contributed by atoms with Crippen molar-refractivity contribution in [3.05, 3.63) is 70.5 Å². The lowest BCUT2D eigenvalue weighted by Crippen LogP contribution is -2.36. The van der Waals surface area contributed by atoms with Gasteiger partial charge in [-0.3, -0.25) is 19.3 Å². The van der Waals surface area contributed by atoms with E-state index in [0.29, 0.717) is 22.1 Å². The van der Waals surface area contributed by atoms with Crippen molar-refractivity contribution in [2.24, 2.45) is 0 Å². The predicted octanol–water partition coefficient (Wildman–Crippen LogP) is 3.21. The first kappa shape index (κ1) is 22.1. The van der Waals surface area contributed by atoms with Crippen molar-refractivity contribution in [1.82, 2.24) is 9.88 Å². The topological polar surface area (TPSA) is 103 Å². The third-order valence-electron chi connectivity index (χ3n) is 4.15. The molecule has 1 aromatic carbocycles. The standard InChI is InChI=1S/C22H23N5O3S/c1-15-5-3-7-19(23-15)26-21(29)14-27(2)13-20(28)24-16-8-10-17(11-9-16)25-22(30)18-6-4-12-31-18/h3-12H,13-14H2,1-2H3,(H,24,28)(H,25,30)(H,23,26,29). The summed E-state index contributed by atoms with van der Waals surface area (Å²) in [5, 5.41) is 10.1. The molecule has 3 aromatic rings. The summed E-state index contributed by atoms with van der Waals surface area (Å²) < 4.78 is 0. The highest BCUT2D eigenvalue weighted by Gasteiger charge is 2.12. The second-order valence-corrected chi connectivity index (χ2v) is 7.89. The third kappa shape index (κ3) is 7.02. The Bertz CT molecular complexity index is 1050. The monoisotopic (exact) mass is 437 g/mol. The van der Waals surface area contributed by atoms with E-state index in [-0.39, 0.29) is 30.8 Å². The van der Waals surface area contributed by atoms with Gasteiger partial charge in [-0.1, -0.05) is 12.1 Å². The van der Waals surface area contributed by atoms with Gasteiger partial charge >= 0.3 is 0 Å². The molecule has 0 unspecified atom stereocenters. The lowest BCUT2D eigenvalue weighted by Gasteiger charge is -2.16. The molecule has 9 heteroatoms. The van der Waals surface area contributed by atoms with Gasteiger partial charge in [-0.25, -0.2) is 4.98 Å². The highest BCUT2D eigenvalue weighted by atomic mass is 32.1. The highest BCUT2D eigenvalue weighted by molar-refractivity contribution is 7.12. The minimum absolute atomic E-state index is 0.0472. The number of rotatable bonds is 8. The fourth-order valence-electron chi connectivity index (χ4n) is 2.78. The normalized spacial score (nSPS) is 10.5. The maximum absolute atomic E-state index is 12.3. The number of carbonyl (C=O) groups excluding carboxylic acids is 3. The SMILES string of the molecule is Cc1cccc(NC(=O)CN(C)CC(=O)Nc2ccc(NC(=O)c3cccs3)cc2)n1. The van der Waals surface area contributed by atoms with Crippen LogP contribution in [0.3, 0.4) is 0 Å². The number of anilines is 3. The van der Waals surface area contributed by atoms with Crippen LogP contribution in [0.25, 0.3) is 0 Å². The van der Waals surface area contributed by atoms with Crippen molar-refractivity contribution < 1.29 is 14.4 Å². The van der Waals surface area contributed by atoms with Crippen LogP contribution < -0.4 is 16.0 Å². The molecule has 3 rings (SSSR count). The Morgan fingerprint density at radius 1 is 0.871 bits per heavy atom. The average molecular weight is 438 g/mol. The Balaban J connectivity index is 1.44. The fourth-order valence-corrected chi connectivity index (χ4v) is 3.40. The molecule has 0 radical (unpaired) electrons. The predicted molar refractivity (Wildman–Crippen MR) is 122 cm³/mol. The Labute approximate surface area is 184 Å². The number of pyridine rings is 1. The van der Waals surface area contributed by atoms with Crippen molar-refractivity contribution >= 4 is 46.3 Å². The van der Waals surface area contributed by atoms with Crippen molar-refractivity contribution in [1.29, 1.82) is 0 Å². The van der Waals surface area contributed by atoms with E-state index >= 15 is 0 Å². The molecule has 0 saturated carbocycles. The Morgan fingerprint density at radius 2 is 1.52 bits per heavy atom. The molecule has 2 heterocycles. The summed E-state index contributed by atoms with van der Waals surface area (Å²) in [6, 6.07) is 15.8. The van der Waals surface area contributed by atoms with Gasteiger partial charge in [0, 0.05) is 17.1 Å². The molecule has 8 nitrogen and oxygen atoms in total. The van der Waals surface area contributed by atoms with Gasteiger partial charge in [0.05, 0.1) is 18.0 Å². The number of aromatic nitrogens is 1. The van der Waals surface area contributed by atoms with E-state index in [1.807, 2.05) is 30.5 Å². The molecule has 0 bridgehead atoms. The average Bonchev–Trinajstić information content (AvgIpc) is 3.24. The summed E-state index contributed by atoms with van der Waals surface area (Å²) in [6.45, 7) is 1.94. The van der Waals surface area contributed by atoms with E-state index in [1.54, 1.807) is 48.3 Å². The van der Waals surface area contributed by atoms with E-state index in [2.05, 4.69) is 20.9 Å². The summed E-state index contributed by atoms with van der Waals surface area (Å²) >= 11 is 1.37. The third-order valence-corrected chi connectivity index (χ3v) is 5.02. The summed E-state index contributed by atoms with van der Waals surface area (Å²) in [5.74, 6) is -0.194. The van der Waals surface area contributed by atoms with E-state index in [4.69, 9.17) is 0 Å². The molecular formula is C22H23N5O3S. The van der Waals surface area contributed by atoms with Gasteiger partial charge in [-0.05, 0) is 61.8 Å². The van der Waals surface area contributed by atoms with Crippen LogP contribution in [-0.4, -0.2) is 47.7 Å². The molecule has 0 aliphatic heterocycles. The quantitative estimate of drug-likeness (QED) is 0.502. The Kier molecular flexibility index (Phi) is 7.47. The van der Waals surface area contributed by atoms with Gasteiger partial charge in [-0.2, -0.15) is 0 Å². The van der Waals surface area contributed by atoms with Crippen molar-refractivity contribution in [2.45, 2.75) is 6.92 Å². The van der Waals surface area contributed by atoms with E-state index in [0.717, 1.165) is 5.69 Å². The van der Waals surface area contributed by atoms with Crippen LogP contribution in [0.2, 0.25) is 0 Å². The molecule has 0 spiro atoms. The highest BCUT2D eigenvalue weighted by Crippen LogP contribution is 2.16. The van der Waals surface area contributed by atoms with Crippen molar-refractivity contribution in [3.8, 4) is 0 Å². The molecule has 0 aliphatic carbocycles. The number of nitrogens with one attached hydrogen (secondary N) is 3. The second kappa shape index (κ2) is 10.5. The van der Waals surface area contributed by atoms with E-state index < -0.39 is 0 Å². The number of hydrogen-bond donors (Lipinski definition) is 3. The lowest BCUT2D eigenvalue weighted by atomic mass is 10.2. The maximum atomic E-state index is 12.3. The molecule has 0 saturated heterocycles. The van der Waals surface area contributed by atoms with Crippen LogP contribution in [-0.2, 0) is 9.59 Å². The number of aryl methyl sites for hydroxylation is 1. The molecule has 2 aromatic heterocycles. The van der Waals surface area contributed by atoms with Gasteiger partial charge in [0.25, 0.3) is 5.91 Å². The number of benzene rings is 1. The van der Waals surface area contributed by atoms with Gasteiger partial charge in [0.15, 0.2) is 0 Å². The first-order valence-corrected chi connectivity index (χ1v) is 10.4. The van der Waals surface area contributed by atoms with Crippen molar-refractivity contribution in [2.75, 3.05) is 36.1 Å². The Morgan fingerprint density at radius 3 is 2.13 bits per heavy atom. The van der Waals surface area contributed by atoms with Crippen LogP contribution in [0.1, 0.15) is 15.4 Å². The molecular weight excluding hydrogens is 414 g/mol. The summed E-state index contributed by atoms with van der Waals surface area (Å²) in [4.78, 5) is 42.9. The number of hydrogen-bond acceptors (Lipinski definition) is 6. The van der Waals surface area contributed by atoms with E-state index in [1.165, 1.54) is 11.3 Å². The molecule has 3 N–H and O–H groups in total. The minimum atomic E-state index is -0.251. The van der Waals surface area contributed by atoms with E-state index in [9.17, 15) is 14.4 Å². The van der Waals surface area contributed by atoms with Crippen molar-refractivity contribution in [3.63, 3.8) is 0 Å². The zero-order valence-corrected chi connectivity index (χ0v) is 18.0. The molecule has 0 aliphatic rings. The van der Waals surface area contributed by atoms with Crippen LogP contribution in [0.15, 0.2) is 60.0 Å². The number of nitrogens with zero attached hydrogens (tertiary/aromatic N) is 2. The van der Waals surface area contributed by atoms with Gasteiger partial charge in [0.2, 0.25) is 11.8 Å². The summed E-state index contributed by atoms with van der Waals surface area (Å²) in [7, 11) is 1.69. The largest absolute Gasteiger partial charge is 0.325 e. The molecule has 0 atom stereocenters. The molecule has 0 fully saturated rings. The van der Waals surface area contributed by atoms with Crippen LogP contribution in [0, 0.1) is 6.92 Å². The van der Waals surface area contributed by atoms with Crippen LogP contribution >= 0.6 is 11.3 Å². The first-order valence-electron chi connectivity index (χ1n) is 9.56. The first-order chi connectivity index (χ1) is 14.9. The second-order valence-electron chi connectivity index (χ2n) is 6.94. The molecule has 3 amide bonds. The van der Waals surface area contributed by atoms with Crippen LogP contribution in [0.4, 0.5) is 17.2 Å². The smallest absolute Gasteiger partial charge is 0.265 e. The zero-order chi connectivity index (χ0) is 22.2. The molecule has 31 heavy (non-hydrogen) atoms. The zero-order valence-electron chi connectivity index (χ0n) is 17.2. The number of carbonyl (C=O) groups is 3. The lowest BCUT2D eigenvalue weighted by molar-refractivity contribution is -0.119. The van der Waals surface area contributed by atoms with Gasteiger partial charge in [-0.15, -0.1) is 11.3 Å².